The van der Waals surface area contributed by atoms with Crippen LogP contribution >= 0.6 is 11.6 Å². The van der Waals surface area contributed by atoms with E-state index in [1.807, 2.05) is 0 Å². The summed E-state index contributed by atoms with van der Waals surface area (Å²) in [4.78, 5) is 24.6. The lowest BCUT2D eigenvalue weighted by Crippen LogP contribution is -1.99. The SMILES string of the molecule is O=C(O)CC=Cc1cnc(Cl)c(C(=O)O)c1. The van der Waals surface area contributed by atoms with Crippen molar-refractivity contribution in [1.82, 2.24) is 4.98 Å². The van der Waals surface area contributed by atoms with Gasteiger partial charge in [-0.25, -0.2) is 9.78 Å². The van der Waals surface area contributed by atoms with Crippen LogP contribution in [-0.2, 0) is 4.79 Å². The van der Waals surface area contributed by atoms with Gasteiger partial charge >= 0.3 is 11.9 Å². The van der Waals surface area contributed by atoms with E-state index in [0.29, 0.717) is 5.56 Å². The number of carboxylic acids is 2. The number of hydrogen-bond donors (Lipinski definition) is 2. The van der Waals surface area contributed by atoms with Crippen molar-refractivity contribution < 1.29 is 19.8 Å². The lowest BCUT2D eigenvalue weighted by molar-refractivity contribution is -0.135. The molecule has 0 bridgehead atoms. The molecule has 0 unspecified atom stereocenters. The fourth-order valence-corrected chi connectivity index (χ4v) is 1.19. The minimum Gasteiger partial charge on any atom is -0.481 e. The summed E-state index contributed by atoms with van der Waals surface area (Å²) in [5.41, 5.74) is 0.377. The summed E-state index contributed by atoms with van der Waals surface area (Å²) in [7, 11) is 0. The highest BCUT2D eigenvalue weighted by Gasteiger charge is 2.09. The first-order valence-corrected chi connectivity index (χ1v) is 4.65. The van der Waals surface area contributed by atoms with E-state index in [1.54, 1.807) is 0 Å². The molecule has 1 rings (SSSR count). The molecule has 0 radical (unpaired) electrons. The van der Waals surface area contributed by atoms with Crippen LogP contribution in [0, 0.1) is 0 Å². The molecular formula is C10H8ClNO4. The molecule has 0 aliphatic carbocycles. The predicted molar refractivity (Wildman–Crippen MR) is 57.5 cm³/mol. The monoisotopic (exact) mass is 241 g/mol. The Morgan fingerprint density at radius 3 is 2.69 bits per heavy atom. The summed E-state index contributed by atoms with van der Waals surface area (Å²) < 4.78 is 0. The second-order valence-electron chi connectivity index (χ2n) is 2.91. The molecule has 0 atom stereocenters. The second kappa shape index (κ2) is 5.27. The van der Waals surface area contributed by atoms with Gasteiger partial charge in [0.25, 0.3) is 0 Å². The summed E-state index contributed by atoms with van der Waals surface area (Å²) in [5, 5.41) is 17.1. The Bertz CT molecular complexity index is 456. The van der Waals surface area contributed by atoms with Crippen LogP contribution in [0.2, 0.25) is 5.15 Å². The van der Waals surface area contributed by atoms with Crippen molar-refractivity contribution in [2.24, 2.45) is 0 Å². The fourth-order valence-electron chi connectivity index (χ4n) is 1.00. The van der Waals surface area contributed by atoms with E-state index in [1.165, 1.54) is 24.4 Å². The molecule has 2 N–H and O–H groups in total. The van der Waals surface area contributed by atoms with Gasteiger partial charge in [-0.05, 0) is 11.6 Å². The number of hydrogen-bond acceptors (Lipinski definition) is 3. The van der Waals surface area contributed by atoms with Crippen molar-refractivity contribution in [3.05, 3.63) is 34.6 Å². The zero-order chi connectivity index (χ0) is 12.1. The van der Waals surface area contributed by atoms with Crippen LogP contribution in [0.25, 0.3) is 6.08 Å². The molecule has 84 valence electrons. The molecule has 1 aromatic rings. The summed E-state index contributed by atoms with van der Waals surface area (Å²) in [6, 6.07) is 1.33. The van der Waals surface area contributed by atoms with Crippen molar-refractivity contribution in [3.8, 4) is 0 Å². The van der Waals surface area contributed by atoms with Crippen molar-refractivity contribution in [1.29, 1.82) is 0 Å². The number of nitrogens with zero attached hydrogens (tertiary/aromatic N) is 1. The molecule has 0 aliphatic heterocycles. The Labute approximate surface area is 96.0 Å². The second-order valence-corrected chi connectivity index (χ2v) is 3.27. The zero-order valence-electron chi connectivity index (χ0n) is 8.05. The summed E-state index contributed by atoms with van der Waals surface area (Å²) in [6.07, 6.45) is 4.11. The van der Waals surface area contributed by atoms with Gasteiger partial charge in [-0.1, -0.05) is 23.8 Å². The topological polar surface area (TPSA) is 87.5 Å². The van der Waals surface area contributed by atoms with E-state index in [2.05, 4.69) is 4.98 Å². The maximum atomic E-state index is 10.7. The molecular weight excluding hydrogens is 234 g/mol. The summed E-state index contributed by atoms with van der Waals surface area (Å²) in [6.45, 7) is 0. The van der Waals surface area contributed by atoms with Gasteiger partial charge in [0.1, 0.15) is 5.15 Å². The van der Waals surface area contributed by atoms with Crippen LogP contribution in [0.5, 0.6) is 0 Å². The average Bonchev–Trinajstić information content (AvgIpc) is 2.19. The highest BCUT2D eigenvalue weighted by atomic mass is 35.5. The van der Waals surface area contributed by atoms with Crippen molar-refractivity contribution in [2.75, 3.05) is 0 Å². The maximum Gasteiger partial charge on any atom is 0.338 e. The molecule has 16 heavy (non-hydrogen) atoms. The van der Waals surface area contributed by atoms with Gasteiger partial charge in [-0.2, -0.15) is 0 Å². The van der Waals surface area contributed by atoms with E-state index >= 15 is 0 Å². The number of aromatic carboxylic acids is 1. The van der Waals surface area contributed by atoms with Gasteiger partial charge in [0.2, 0.25) is 0 Å². The third-order valence-electron chi connectivity index (χ3n) is 1.69. The van der Waals surface area contributed by atoms with Gasteiger partial charge in [0.05, 0.1) is 12.0 Å². The van der Waals surface area contributed by atoms with Crippen LogP contribution in [-0.4, -0.2) is 27.1 Å². The van der Waals surface area contributed by atoms with E-state index in [-0.39, 0.29) is 17.1 Å². The quantitative estimate of drug-likeness (QED) is 0.787. The van der Waals surface area contributed by atoms with Gasteiger partial charge in [-0.15, -0.1) is 0 Å². The van der Waals surface area contributed by atoms with Gasteiger partial charge in [-0.3, -0.25) is 4.79 Å². The van der Waals surface area contributed by atoms with E-state index in [9.17, 15) is 9.59 Å². The smallest absolute Gasteiger partial charge is 0.338 e. The van der Waals surface area contributed by atoms with E-state index in [4.69, 9.17) is 21.8 Å². The molecule has 6 heteroatoms. The summed E-state index contributed by atoms with van der Waals surface area (Å²) >= 11 is 5.57. The zero-order valence-corrected chi connectivity index (χ0v) is 8.81. The van der Waals surface area contributed by atoms with Crippen molar-refractivity contribution in [2.45, 2.75) is 6.42 Å². The Morgan fingerprint density at radius 1 is 1.44 bits per heavy atom. The van der Waals surface area contributed by atoms with Crippen molar-refractivity contribution in [3.63, 3.8) is 0 Å². The molecule has 0 fully saturated rings. The summed E-state index contributed by atoms with van der Waals surface area (Å²) in [5.74, 6) is -2.14. The lowest BCUT2D eigenvalue weighted by Gasteiger charge is -1.99. The van der Waals surface area contributed by atoms with Crippen LogP contribution in [0.15, 0.2) is 18.3 Å². The first-order chi connectivity index (χ1) is 7.50. The number of carboxylic acid groups (broad SMARTS) is 2. The third-order valence-corrected chi connectivity index (χ3v) is 1.99. The van der Waals surface area contributed by atoms with Crippen LogP contribution < -0.4 is 0 Å². The van der Waals surface area contributed by atoms with Crippen molar-refractivity contribution >= 4 is 29.6 Å². The molecule has 0 spiro atoms. The Balaban J connectivity index is 2.91. The number of pyridine rings is 1. The Morgan fingerprint density at radius 2 is 2.12 bits per heavy atom. The van der Waals surface area contributed by atoms with Crippen LogP contribution in [0.3, 0.4) is 0 Å². The number of halogens is 1. The molecule has 1 heterocycles. The molecule has 1 aromatic heterocycles. The van der Waals surface area contributed by atoms with E-state index < -0.39 is 11.9 Å². The molecule has 0 amide bonds. The average molecular weight is 242 g/mol. The number of rotatable bonds is 4. The van der Waals surface area contributed by atoms with E-state index in [0.717, 1.165) is 0 Å². The molecule has 0 saturated carbocycles. The Hall–Kier alpha value is -1.88. The molecule has 0 aliphatic rings. The molecule has 5 nitrogen and oxygen atoms in total. The first kappa shape index (κ1) is 12.2. The standard InChI is InChI=1S/C10H8ClNO4/c11-9-7(10(15)16)4-6(5-12-9)2-1-3-8(13)14/h1-2,4-5H,3H2,(H,13,14)(H,15,16). The number of aromatic nitrogens is 1. The van der Waals surface area contributed by atoms with Crippen LogP contribution in [0.1, 0.15) is 22.3 Å². The number of carbonyl (C=O) groups is 2. The molecule has 0 aromatic carbocycles. The minimum atomic E-state index is -1.18. The molecule has 0 saturated heterocycles. The van der Waals surface area contributed by atoms with Crippen LogP contribution in [0.4, 0.5) is 0 Å². The van der Waals surface area contributed by atoms with Gasteiger partial charge < -0.3 is 10.2 Å². The normalized spacial score (nSPS) is 10.6. The minimum absolute atomic E-state index is 0.0946. The fraction of sp³-hybridized carbons (Fsp3) is 0.100. The highest BCUT2D eigenvalue weighted by Crippen LogP contribution is 2.15. The van der Waals surface area contributed by atoms with Gasteiger partial charge in [0, 0.05) is 6.20 Å². The highest BCUT2D eigenvalue weighted by molar-refractivity contribution is 6.32. The first-order valence-electron chi connectivity index (χ1n) is 4.28. The largest absolute Gasteiger partial charge is 0.481 e. The maximum absolute atomic E-state index is 10.7. The lowest BCUT2D eigenvalue weighted by atomic mass is 10.2. The third kappa shape index (κ3) is 3.36. The van der Waals surface area contributed by atoms with Gasteiger partial charge in [0.15, 0.2) is 0 Å². The Kier molecular flexibility index (Phi) is 4.02. The predicted octanol–water partition coefficient (Wildman–Crippen LogP) is 1.92. The number of aliphatic carboxylic acids is 1.